The Bertz CT molecular complexity index is 851. The van der Waals surface area contributed by atoms with Crippen LogP contribution in [0.2, 0.25) is 0 Å². The summed E-state index contributed by atoms with van der Waals surface area (Å²) in [5.41, 5.74) is 2.31. The van der Waals surface area contributed by atoms with Gasteiger partial charge in [0.1, 0.15) is 5.75 Å². The summed E-state index contributed by atoms with van der Waals surface area (Å²) >= 11 is 0. The standard InChI is InChI=1S/C28H44N2O5/c1-20(2)25-7-5-21(3)18-28(25)34-32-27(33-35-28)11-9-22(10-12-27)23-6-8-26(31)24(17-23)19-30-15-13-29(4)14-16-30/h6,8,17,20-22,25,31H,5,7,9-16,18-19H2,1-4H3/t21-,22?,25+,27?,28?/m1/s1. The minimum absolute atomic E-state index is 0.267. The van der Waals surface area contributed by atoms with Crippen molar-refractivity contribution in [2.75, 3.05) is 33.2 Å². The number of rotatable bonds is 4. The molecule has 2 aliphatic carbocycles. The van der Waals surface area contributed by atoms with Crippen LogP contribution in [-0.4, -0.2) is 59.7 Å². The molecule has 0 bridgehead atoms. The zero-order valence-electron chi connectivity index (χ0n) is 22.0. The van der Waals surface area contributed by atoms with Crippen LogP contribution < -0.4 is 0 Å². The number of aromatic hydroxyl groups is 1. The van der Waals surface area contributed by atoms with E-state index in [0.717, 1.165) is 76.8 Å². The Hall–Kier alpha value is -1.22. The highest BCUT2D eigenvalue weighted by molar-refractivity contribution is 5.38. The molecular weight excluding hydrogens is 444 g/mol. The number of hydrogen-bond donors (Lipinski definition) is 1. The number of phenols is 1. The zero-order chi connectivity index (χ0) is 24.6. The molecule has 0 amide bonds. The number of likely N-dealkylation sites (N-methyl/N-ethyl adjacent to an activating group) is 1. The van der Waals surface area contributed by atoms with Crippen LogP contribution in [0.25, 0.3) is 0 Å². The number of hydrogen-bond acceptors (Lipinski definition) is 7. The van der Waals surface area contributed by atoms with Gasteiger partial charge in [-0.25, -0.2) is 0 Å². The van der Waals surface area contributed by atoms with Crippen molar-refractivity contribution in [1.29, 1.82) is 0 Å². The zero-order valence-corrected chi connectivity index (χ0v) is 22.0. The highest BCUT2D eigenvalue weighted by Crippen LogP contribution is 2.51. The van der Waals surface area contributed by atoms with Gasteiger partial charge < -0.3 is 10.0 Å². The SMILES string of the molecule is CC(C)[C@@H]1CC[C@@H](C)CC12OOC1(CCC(c3ccc(O)c(CN4CCN(C)CC4)c3)CC1)OO2. The Labute approximate surface area is 210 Å². The molecule has 1 aromatic rings. The Morgan fingerprint density at radius 3 is 2.31 bits per heavy atom. The molecule has 0 aromatic heterocycles. The predicted molar refractivity (Wildman–Crippen MR) is 133 cm³/mol. The van der Waals surface area contributed by atoms with E-state index < -0.39 is 11.6 Å². The number of piperazine rings is 1. The highest BCUT2D eigenvalue weighted by atomic mass is 17.4. The van der Waals surface area contributed by atoms with Gasteiger partial charge in [0.15, 0.2) is 0 Å². The molecule has 35 heavy (non-hydrogen) atoms. The van der Waals surface area contributed by atoms with E-state index in [4.69, 9.17) is 19.6 Å². The third-order valence-corrected chi connectivity index (χ3v) is 8.95. The van der Waals surface area contributed by atoms with Gasteiger partial charge in [-0.15, -0.1) is 0 Å². The molecule has 7 nitrogen and oxygen atoms in total. The van der Waals surface area contributed by atoms with Crippen LogP contribution in [0, 0.1) is 17.8 Å². The topological polar surface area (TPSA) is 63.6 Å². The molecule has 5 rings (SSSR count). The fraction of sp³-hybridized carbons (Fsp3) is 0.786. The van der Waals surface area contributed by atoms with Gasteiger partial charge in [0.05, 0.1) is 0 Å². The van der Waals surface area contributed by atoms with E-state index in [-0.39, 0.29) is 5.92 Å². The summed E-state index contributed by atoms with van der Waals surface area (Å²) in [6.07, 6.45) is 6.38. The Balaban J connectivity index is 1.19. The molecule has 2 saturated carbocycles. The highest BCUT2D eigenvalue weighted by Gasteiger charge is 2.56. The summed E-state index contributed by atoms with van der Waals surface area (Å²) in [7, 11) is 2.17. The average Bonchev–Trinajstić information content (AvgIpc) is 2.84. The van der Waals surface area contributed by atoms with Crippen LogP contribution in [0.15, 0.2) is 18.2 Å². The molecule has 7 heteroatoms. The lowest BCUT2D eigenvalue weighted by molar-refractivity contribution is -0.671. The number of benzene rings is 1. The molecule has 2 spiro atoms. The minimum atomic E-state index is -0.816. The third-order valence-electron chi connectivity index (χ3n) is 8.95. The van der Waals surface area contributed by atoms with Crippen LogP contribution in [0.4, 0.5) is 0 Å². The Morgan fingerprint density at radius 2 is 1.66 bits per heavy atom. The predicted octanol–water partition coefficient (Wildman–Crippen LogP) is 5.19. The van der Waals surface area contributed by atoms with E-state index in [2.05, 4.69) is 49.8 Å². The van der Waals surface area contributed by atoms with E-state index in [0.29, 0.717) is 23.5 Å². The molecular formula is C28H44N2O5. The molecule has 2 heterocycles. The van der Waals surface area contributed by atoms with Crippen molar-refractivity contribution in [2.24, 2.45) is 17.8 Å². The van der Waals surface area contributed by atoms with Crippen molar-refractivity contribution in [3.63, 3.8) is 0 Å². The first kappa shape index (κ1) is 25.4. The maximum atomic E-state index is 10.5. The second-order valence-corrected chi connectivity index (χ2v) is 12.0. The monoisotopic (exact) mass is 488 g/mol. The molecule has 1 aromatic carbocycles. The fourth-order valence-electron chi connectivity index (χ4n) is 6.57. The Kier molecular flexibility index (Phi) is 7.46. The van der Waals surface area contributed by atoms with E-state index in [1.807, 2.05) is 6.07 Å². The normalized spacial score (nSPS) is 37.3. The average molecular weight is 489 g/mol. The maximum absolute atomic E-state index is 10.5. The lowest BCUT2D eigenvalue weighted by atomic mass is 9.73. The van der Waals surface area contributed by atoms with E-state index >= 15 is 0 Å². The lowest BCUT2D eigenvalue weighted by Gasteiger charge is -2.51. The van der Waals surface area contributed by atoms with E-state index in [1.54, 1.807) is 0 Å². The summed E-state index contributed by atoms with van der Waals surface area (Å²) in [5.74, 6) is 0.432. The number of nitrogens with zero attached hydrogens (tertiary/aromatic N) is 2. The summed E-state index contributed by atoms with van der Waals surface area (Å²) in [5, 5.41) is 10.5. The van der Waals surface area contributed by atoms with Crippen LogP contribution in [-0.2, 0) is 26.1 Å². The van der Waals surface area contributed by atoms with Crippen molar-refractivity contribution in [1.82, 2.24) is 9.80 Å². The van der Waals surface area contributed by atoms with Gasteiger partial charge in [-0.05, 0) is 55.7 Å². The van der Waals surface area contributed by atoms with Crippen molar-refractivity contribution < 1.29 is 24.7 Å². The van der Waals surface area contributed by atoms with Gasteiger partial charge in [-0.3, -0.25) is 4.90 Å². The molecule has 0 radical (unpaired) electrons. The van der Waals surface area contributed by atoms with E-state index in [1.165, 1.54) is 12.0 Å². The van der Waals surface area contributed by atoms with Crippen molar-refractivity contribution in [2.45, 2.75) is 89.8 Å². The van der Waals surface area contributed by atoms with Gasteiger partial charge in [-0.1, -0.05) is 39.3 Å². The molecule has 1 N–H and O–H groups in total. The molecule has 196 valence electrons. The summed E-state index contributed by atoms with van der Waals surface area (Å²) < 4.78 is 0. The molecule has 4 aliphatic rings. The van der Waals surface area contributed by atoms with Gasteiger partial charge in [0.25, 0.3) is 0 Å². The van der Waals surface area contributed by atoms with E-state index in [9.17, 15) is 5.11 Å². The second kappa shape index (κ2) is 10.3. The molecule has 0 unspecified atom stereocenters. The first-order valence-electron chi connectivity index (χ1n) is 13.7. The largest absolute Gasteiger partial charge is 0.508 e. The maximum Gasteiger partial charge on any atom is 0.237 e. The number of phenolic OH excluding ortho intramolecular Hbond substituents is 1. The summed E-state index contributed by atoms with van der Waals surface area (Å²) in [6, 6.07) is 6.15. The first-order valence-corrected chi connectivity index (χ1v) is 13.7. The smallest absolute Gasteiger partial charge is 0.237 e. The fourth-order valence-corrected chi connectivity index (χ4v) is 6.57. The van der Waals surface area contributed by atoms with Crippen LogP contribution in [0.3, 0.4) is 0 Å². The first-order chi connectivity index (χ1) is 16.8. The molecule has 2 aliphatic heterocycles. The van der Waals surface area contributed by atoms with Gasteiger partial charge in [0.2, 0.25) is 11.6 Å². The van der Waals surface area contributed by atoms with Crippen molar-refractivity contribution in [3.05, 3.63) is 29.3 Å². The van der Waals surface area contributed by atoms with Crippen LogP contribution in [0.1, 0.15) is 82.8 Å². The molecule has 4 fully saturated rings. The quantitative estimate of drug-likeness (QED) is 0.585. The van der Waals surface area contributed by atoms with Crippen LogP contribution >= 0.6 is 0 Å². The van der Waals surface area contributed by atoms with Crippen molar-refractivity contribution in [3.8, 4) is 5.75 Å². The molecule has 2 saturated heterocycles. The Morgan fingerprint density at radius 1 is 0.971 bits per heavy atom. The lowest BCUT2D eigenvalue weighted by Crippen LogP contribution is -2.58. The summed E-state index contributed by atoms with van der Waals surface area (Å²) in [6.45, 7) is 11.7. The van der Waals surface area contributed by atoms with Gasteiger partial charge in [-0.2, -0.15) is 19.6 Å². The second-order valence-electron chi connectivity index (χ2n) is 12.0. The third kappa shape index (κ3) is 5.41. The van der Waals surface area contributed by atoms with Gasteiger partial charge >= 0.3 is 0 Å². The minimum Gasteiger partial charge on any atom is -0.508 e. The summed E-state index contributed by atoms with van der Waals surface area (Å²) in [4.78, 5) is 29.2. The van der Waals surface area contributed by atoms with Crippen LogP contribution in [0.5, 0.6) is 5.75 Å². The van der Waals surface area contributed by atoms with Crippen molar-refractivity contribution >= 4 is 0 Å². The molecule has 2 atom stereocenters. The van der Waals surface area contributed by atoms with Gasteiger partial charge in [0, 0.05) is 63.5 Å².